The van der Waals surface area contributed by atoms with Gasteiger partial charge in [0.2, 0.25) is 0 Å². The number of hydrogen-bond acceptors (Lipinski definition) is 6. The lowest BCUT2D eigenvalue weighted by molar-refractivity contribution is 0.0303. The van der Waals surface area contributed by atoms with Crippen molar-refractivity contribution in [3.05, 3.63) is 78.2 Å². The molecular formula is C27H24N6O2. The molecule has 5 aromatic rings. The molecule has 6 rings (SSSR count). The molecule has 4 heterocycles. The van der Waals surface area contributed by atoms with Crippen LogP contribution in [0.1, 0.15) is 16.1 Å². The zero-order valence-corrected chi connectivity index (χ0v) is 19.3. The summed E-state index contributed by atoms with van der Waals surface area (Å²) in [7, 11) is 0. The van der Waals surface area contributed by atoms with Crippen LogP contribution in [0.2, 0.25) is 0 Å². The summed E-state index contributed by atoms with van der Waals surface area (Å²) in [6.45, 7) is 4.32. The van der Waals surface area contributed by atoms with E-state index in [1.54, 1.807) is 12.3 Å². The van der Waals surface area contributed by atoms with Gasteiger partial charge in [0.15, 0.2) is 0 Å². The average Bonchev–Trinajstić information content (AvgIpc) is 3.26. The van der Waals surface area contributed by atoms with E-state index in [-0.39, 0.29) is 5.91 Å². The van der Waals surface area contributed by atoms with Crippen LogP contribution in [0.3, 0.4) is 0 Å². The summed E-state index contributed by atoms with van der Waals surface area (Å²) in [6.07, 6.45) is 3.64. The van der Waals surface area contributed by atoms with Crippen LogP contribution in [0.4, 0.5) is 5.82 Å². The molecule has 0 unspecified atom stereocenters. The largest absolute Gasteiger partial charge is 0.384 e. The van der Waals surface area contributed by atoms with E-state index < -0.39 is 0 Å². The first-order chi connectivity index (χ1) is 17.1. The summed E-state index contributed by atoms with van der Waals surface area (Å²) in [4.78, 5) is 23.8. The Morgan fingerprint density at radius 3 is 2.57 bits per heavy atom. The standard InChI is InChI=1S/C27H24N6O2/c1-17-23-16-29-24-7-5-18(20-6-8-25(28)30-15-20)14-22(24)26(23)33(31-17)21-4-2-3-19(13-21)27(34)32-9-11-35-12-10-32/h2-8,13-16H,9-12H2,1H3,(H2,28,30). The summed E-state index contributed by atoms with van der Waals surface area (Å²) >= 11 is 0. The number of nitrogens with zero attached hydrogens (tertiary/aromatic N) is 5. The molecule has 2 N–H and O–H groups in total. The number of pyridine rings is 2. The van der Waals surface area contributed by atoms with E-state index in [2.05, 4.69) is 16.0 Å². The number of fused-ring (bicyclic) bond motifs is 3. The van der Waals surface area contributed by atoms with Crippen LogP contribution >= 0.6 is 0 Å². The van der Waals surface area contributed by atoms with Crippen molar-refractivity contribution in [2.45, 2.75) is 6.92 Å². The second-order valence-electron chi connectivity index (χ2n) is 8.68. The summed E-state index contributed by atoms with van der Waals surface area (Å²) in [5, 5.41) is 6.78. The van der Waals surface area contributed by atoms with E-state index in [4.69, 9.17) is 15.6 Å². The van der Waals surface area contributed by atoms with E-state index in [1.807, 2.05) is 65.2 Å². The van der Waals surface area contributed by atoms with Crippen LogP contribution in [0.5, 0.6) is 0 Å². The molecule has 0 atom stereocenters. The minimum absolute atomic E-state index is 0.00740. The fraction of sp³-hybridized carbons (Fsp3) is 0.185. The molecule has 0 saturated carbocycles. The average molecular weight is 465 g/mol. The number of ether oxygens (including phenoxy) is 1. The second-order valence-corrected chi connectivity index (χ2v) is 8.68. The number of carbonyl (C=O) groups is 1. The summed E-state index contributed by atoms with van der Waals surface area (Å²) in [6, 6.07) is 17.5. The first-order valence-corrected chi connectivity index (χ1v) is 11.6. The van der Waals surface area contributed by atoms with E-state index in [0.29, 0.717) is 37.7 Å². The number of aromatic nitrogens is 4. The van der Waals surface area contributed by atoms with Gasteiger partial charge in [-0.3, -0.25) is 9.78 Å². The van der Waals surface area contributed by atoms with Crippen LogP contribution in [-0.2, 0) is 4.74 Å². The highest BCUT2D eigenvalue weighted by Gasteiger charge is 2.20. The van der Waals surface area contributed by atoms with Gasteiger partial charge in [0.25, 0.3) is 5.91 Å². The molecule has 1 saturated heterocycles. The Morgan fingerprint density at radius 2 is 1.77 bits per heavy atom. The number of amides is 1. The molecule has 8 nitrogen and oxygen atoms in total. The fourth-order valence-corrected chi connectivity index (χ4v) is 4.59. The Kier molecular flexibility index (Phi) is 5.15. The Labute approximate surface area is 202 Å². The molecule has 35 heavy (non-hydrogen) atoms. The summed E-state index contributed by atoms with van der Waals surface area (Å²) in [5.41, 5.74) is 11.9. The molecule has 0 bridgehead atoms. The third-order valence-corrected chi connectivity index (χ3v) is 6.45. The molecular weight excluding hydrogens is 440 g/mol. The van der Waals surface area contributed by atoms with Gasteiger partial charge in [-0.15, -0.1) is 0 Å². The number of aryl methyl sites for hydroxylation is 1. The highest BCUT2D eigenvalue weighted by atomic mass is 16.5. The van der Waals surface area contributed by atoms with Gasteiger partial charge < -0.3 is 15.4 Å². The Balaban J connectivity index is 1.50. The number of carbonyl (C=O) groups excluding carboxylic acids is 1. The van der Waals surface area contributed by atoms with Crippen LogP contribution in [0, 0.1) is 6.92 Å². The maximum Gasteiger partial charge on any atom is 0.254 e. The molecule has 174 valence electrons. The molecule has 8 heteroatoms. The topological polar surface area (TPSA) is 99.2 Å². The molecule has 2 aromatic carbocycles. The minimum atomic E-state index is 0.00740. The normalized spacial score (nSPS) is 14.0. The minimum Gasteiger partial charge on any atom is -0.384 e. The van der Waals surface area contributed by atoms with Crippen molar-refractivity contribution in [1.82, 2.24) is 24.6 Å². The van der Waals surface area contributed by atoms with Crippen LogP contribution in [0.15, 0.2) is 67.0 Å². The number of nitrogens with two attached hydrogens (primary N) is 1. The quantitative estimate of drug-likeness (QED) is 0.433. The van der Waals surface area contributed by atoms with E-state index >= 15 is 0 Å². The lowest BCUT2D eigenvalue weighted by atomic mass is 10.0. The van der Waals surface area contributed by atoms with E-state index in [9.17, 15) is 4.79 Å². The van der Waals surface area contributed by atoms with Crippen molar-refractivity contribution in [1.29, 1.82) is 0 Å². The Hall–Kier alpha value is -4.30. The van der Waals surface area contributed by atoms with Gasteiger partial charge >= 0.3 is 0 Å². The number of nitrogen functional groups attached to an aromatic ring is 1. The summed E-state index contributed by atoms with van der Waals surface area (Å²) in [5.74, 6) is 0.492. The zero-order valence-electron chi connectivity index (χ0n) is 19.3. The number of morpholine rings is 1. The monoisotopic (exact) mass is 464 g/mol. The summed E-state index contributed by atoms with van der Waals surface area (Å²) < 4.78 is 7.31. The highest BCUT2D eigenvalue weighted by Crippen LogP contribution is 2.32. The van der Waals surface area contributed by atoms with Gasteiger partial charge in [0, 0.05) is 47.4 Å². The smallest absolute Gasteiger partial charge is 0.254 e. The van der Waals surface area contributed by atoms with Crippen molar-refractivity contribution in [2.24, 2.45) is 0 Å². The van der Waals surface area contributed by atoms with Gasteiger partial charge in [-0.1, -0.05) is 12.1 Å². The van der Waals surface area contributed by atoms with Gasteiger partial charge in [-0.05, 0) is 55.0 Å². The fourth-order valence-electron chi connectivity index (χ4n) is 4.59. The maximum absolute atomic E-state index is 13.1. The first-order valence-electron chi connectivity index (χ1n) is 11.6. The number of benzene rings is 2. The molecule has 3 aromatic heterocycles. The van der Waals surface area contributed by atoms with Crippen molar-refractivity contribution >= 4 is 33.5 Å². The SMILES string of the molecule is Cc1nn(-c2cccc(C(=O)N3CCOCC3)c2)c2c1cnc1ccc(-c3ccc(N)nc3)cc12. The molecule has 0 aliphatic carbocycles. The highest BCUT2D eigenvalue weighted by molar-refractivity contribution is 6.06. The molecule has 1 aliphatic rings. The number of rotatable bonds is 3. The van der Waals surface area contributed by atoms with Crippen LogP contribution in [-0.4, -0.2) is 56.9 Å². The third kappa shape index (κ3) is 3.77. The molecule has 0 radical (unpaired) electrons. The number of anilines is 1. The van der Waals surface area contributed by atoms with Crippen LogP contribution in [0.25, 0.3) is 38.6 Å². The van der Waals surface area contributed by atoms with Crippen molar-refractivity contribution in [3.8, 4) is 16.8 Å². The second kappa shape index (κ2) is 8.48. The number of hydrogen-bond donors (Lipinski definition) is 1. The molecule has 1 fully saturated rings. The first kappa shape index (κ1) is 21.2. The van der Waals surface area contributed by atoms with Gasteiger partial charge in [-0.25, -0.2) is 9.67 Å². The van der Waals surface area contributed by atoms with Gasteiger partial charge in [-0.2, -0.15) is 5.10 Å². The molecule has 0 spiro atoms. The van der Waals surface area contributed by atoms with E-state index in [0.717, 1.165) is 44.3 Å². The predicted octanol–water partition coefficient (Wildman–Crippen LogP) is 4.00. The zero-order chi connectivity index (χ0) is 23.9. The van der Waals surface area contributed by atoms with Crippen molar-refractivity contribution in [3.63, 3.8) is 0 Å². The van der Waals surface area contributed by atoms with Gasteiger partial charge in [0.1, 0.15) is 5.82 Å². The molecule has 1 amide bonds. The van der Waals surface area contributed by atoms with Gasteiger partial charge in [0.05, 0.1) is 35.6 Å². The lowest BCUT2D eigenvalue weighted by Crippen LogP contribution is -2.40. The third-order valence-electron chi connectivity index (χ3n) is 6.45. The van der Waals surface area contributed by atoms with Crippen molar-refractivity contribution < 1.29 is 9.53 Å². The predicted molar refractivity (Wildman–Crippen MR) is 135 cm³/mol. The van der Waals surface area contributed by atoms with Crippen LogP contribution < -0.4 is 5.73 Å². The lowest BCUT2D eigenvalue weighted by Gasteiger charge is -2.27. The van der Waals surface area contributed by atoms with E-state index in [1.165, 1.54) is 0 Å². The maximum atomic E-state index is 13.1. The Morgan fingerprint density at radius 1 is 0.943 bits per heavy atom. The van der Waals surface area contributed by atoms with Crippen molar-refractivity contribution in [2.75, 3.05) is 32.0 Å². The Bertz CT molecular complexity index is 1570. The molecule has 1 aliphatic heterocycles.